The molecule has 2 N–H and O–H groups in total. The molecule has 0 saturated heterocycles. The topological polar surface area (TPSA) is 52.0 Å². The highest BCUT2D eigenvalue weighted by Crippen LogP contribution is 2.30. The van der Waals surface area contributed by atoms with E-state index in [1.54, 1.807) is 0 Å². The molecule has 1 aromatic heterocycles. The molecule has 96 valence electrons. The molecule has 0 radical (unpaired) electrons. The number of hydrogen-bond acceptors (Lipinski definition) is 3. The number of aryl methyl sites for hydroxylation is 1. The Hall–Kier alpha value is -1.35. The summed E-state index contributed by atoms with van der Waals surface area (Å²) in [6.45, 7) is 2.05. The average Bonchev–Trinajstić information content (AvgIpc) is 2.73. The Morgan fingerprint density at radius 1 is 1.28 bits per heavy atom. The lowest BCUT2D eigenvalue weighted by atomic mass is 9.80. The summed E-state index contributed by atoms with van der Waals surface area (Å²) >= 11 is 0. The molecule has 0 bridgehead atoms. The number of benzene rings is 1. The Kier molecular flexibility index (Phi) is 2.86. The lowest BCUT2D eigenvalue weighted by Gasteiger charge is -2.32. The first-order valence-electron chi connectivity index (χ1n) is 6.80. The minimum atomic E-state index is -0.104. The molecule has 0 atom stereocenters. The zero-order valence-electron chi connectivity index (χ0n) is 10.9. The second-order valence-electron chi connectivity index (χ2n) is 5.63. The molecule has 1 saturated carbocycles. The van der Waals surface area contributed by atoms with Gasteiger partial charge in [0.2, 0.25) is 0 Å². The van der Waals surface area contributed by atoms with Gasteiger partial charge in [-0.2, -0.15) is 0 Å². The van der Waals surface area contributed by atoms with Crippen LogP contribution in [-0.4, -0.2) is 10.5 Å². The normalized spacial score (nSPS) is 19.2. The largest absolute Gasteiger partial charge is 0.440 e. The van der Waals surface area contributed by atoms with Gasteiger partial charge in [0.25, 0.3) is 0 Å². The number of aromatic nitrogens is 1. The predicted molar refractivity (Wildman–Crippen MR) is 72.5 cm³/mol. The number of nitrogens with zero attached hydrogens (tertiary/aromatic N) is 1. The molecule has 0 aliphatic heterocycles. The van der Waals surface area contributed by atoms with Crippen LogP contribution in [0.4, 0.5) is 0 Å². The highest BCUT2D eigenvalue weighted by molar-refractivity contribution is 5.75. The van der Waals surface area contributed by atoms with Crippen LogP contribution < -0.4 is 5.73 Å². The van der Waals surface area contributed by atoms with Crippen molar-refractivity contribution in [1.82, 2.24) is 4.98 Å². The van der Waals surface area contributed by atoms with Crippen molar-refractivity contribution in [1.29, 1.82) is 0 Å². The fraction of sp³-hybridized carbons (Fsp3) is 0.533. The van der Waals surface area contributed by atoms with Gasteiger partial charge in [-0.15, -0.1) is 0 Å². The van der Waals surface area contributed by atoms with E-state index in [0.29, 0.717) is 0 Å². The zero-order valence-corrected chi connectivity index (χ0v) is 10.9. The van der Waals surface area contributed by atoms with Gasteiger partial charge in [0.05, 0.1) is 0 Å². The molecule has 1 aliphatic carbocycles. The van der Waals surface area contributed by atoms with Crippen LogP contribution in [0.1, 0.15) is 43.6 Å². The highest BCUT2D eigenvalue weighted by Gasteiger charge is 2.29. The summed E-state index contributed by atoms with van der Waals surface area (Å²) in [5, 5.41) is 0. The molecule has 1 aromatic carbocycles. The molecule has 18 heavy (non-hydrogen) atoms. The smallest absolute Gasteiger partial charge is 0.197 e. The number of rotatable bonds is 2. The standard InChI is InChI=1S/C15H20N2O/c1-11-6-5-7-12-14(11)18-13(17-12)10-15(16)8-3-2-4-9-15/h5-7H,2-4,8-10,16H2,1H3. The van der Waals surface area contributed by atoms with E-state index in [1.165, 1.54) is 19.3 Å². The third-order valence-electron chi connectivity index (χ3n) is 4.01. The molecule has 3 nitrogen and oxygen atoms in total. The molecular weight excluding hydrogens is 224 g/mol. The summed E-state index contributed by atoms with van der Waals surface area (Å²) in [6, 6.07) is 6.07. The van der Waals surface area contributed by atoms with Gasteiger partial charge < -0.3 is 10.2 Å². The van der Waals surface area contributed by atoms with Crippen molar-refractivity contribution in [2.75, 3.05) is 0 Å². The first-order chi connectivity index (χ1) is 8.66. The second kappa shape index (κ2) is 4.39. The summed E-state index contributed by atoms with van der Waals surface area (Å²) in [5.41, 5.74) is 9.34. The van der Waals surface area contributed by atoms with Crippen LogP contribution in [0, 0.1) is 6.92 Å². The van der Waals surface area contributed by atoms with Gasteiger partial charge in [-0.25, -0.2) is 4.98 Å². The molecule has 2 aromatic rings. The maximum Gasteiger partial charge on any atom is 0.197 e. The van der Waals surface area contributed by atoms with Crippen molar-refractivity contribution in [3.63, 3.8) is 0 Å². The molecule has 0 amide bonds. The molecular formula is C15H20N2O. The summed E-state index contributed by atoms with van der Waals surface area (Å²) in [5.74, 6) is 0.795. The number of hydrogen-bond donors (Lipinski definition) is 1. The van der Waals surface area contributed by atoms with E-state index in [9.17, 15) is 0 Å². The van der Waals surface area contributed by atoms with Crippen LogP contribution >= 0.6 is 0 Å². The van der Waals surface area contributed by atoms with Crippen molar-refractivity contribution in [3.8, 4) is 0 Å². The van der Waals surface area contributed by atoms with Crippen LogP contribution in [0.25, 0.3) is 11.1 Å². The van der Waals surface area contributed by atoms with Gasteiger partial charge >= 0.3 is 0 Å². The van der Waals surface area contributed by atoms with E-state index in [0.717, 1.165) is 41.8 Å². The van der Waals surface area contributed by atoms with E-state index < -0.39 is 0 Å². The van der Waals surface area contributed by atoms with E-state index in [1.807, 2.05) is 12.1 Å². The van der Waals surface area contributed by atoms with Crippen LogP contribution in [0.5, 0.6) is 0 Å². The van der Waals surface area contributed by atoms with Crippen LogP contribution in [-0.2, 0) is 6.42 Å². The van der Waals surface area contributed by atoms with Gasteiger partial charge in [-0.05, 0) is 31.4 Å². The van der Waals surface area contributed by atoms with Crippen molar-refractivity contribution in [2.45, 2.75) is 51.0 Å². The highest BCUT2D eigenvalue weighted by atomic mass is 16.3. The van der Waals surface area contributed by atoms with Gasteiger partial charge in [0.1, 0.15) is 5.52 Å². The first-order valence-corrected chi connectivity index (χ1v) is 6.80. The molecule has 3 rings (SSSR count). The Morgan fingerprint density at radius 3 is 2.78 bits per heavy atom. The minimum absolute atomic E-state index is 0.104. The minimum Gasteiger partial charge on any atom is -0.440 e. The Bertz CT molecular complexity index is 553. The molecule has 0 spiro atoms. The molecule has 0 unspecified atom stereocenters. The summed E-state index contributed by atoms with van der Waals surface area (Å²) in [6.07, 6.45) is 6.72. The van der Waals surface area contributed by atoms with E-state index >= 15 is 0 Å². The van der Waals surface area contributed by atoms with Gasteiger partial charge in [-0.1, -0.05) is 31.4 Å². The molecule has 1 aliphatic rings. The van der Waals surface area contributed by atoms with Crippen molar-refractivity contribution >= 4 is 11.1 Å². The monoisotopic (exact) mass is 244 g/mol. The SMILES string of the molecule is Cc1cccc2nc(CC3(N)CCCCC3)oc12. The quantitative estimate of drug-likeness (QED) is 0.881. The maximum absolute atomic E-state index is 6.45. The Morgan fingerprint density at radius 2 is 2.06 bits per heavy atom. The van der Waals surface area contributed by atoms with Crippen LogP contribution in [0.15, 0.2) is 22.6 Å². The van der Waals surface area contributed by atoms with Gasteiger partial charge in [0.15, 0.2) is 11.5 Å². The number of fused-ring (bicyclic) bond motifs is 1. The first kappa shape index (κ1) is 11.7. The molecule has 3 heteroatoms. The Balaban J connectivity index is 1.88. The molecule has 1 heterocycles. The fourth-order valence-electron chi connectivity index (χ4n) is 2.94. The van der Waals surface area contributed by atoms with E-state index in [-0.39, 0.29) is 5.54 Å². The lowest BCUT2D eigenvalue weighted by molar-refractivity contribution is 0.276. The fourth-order valence-corrected chi connectivity index (χ4v) is 2.94. The van der Waals surface area contributed by atoms with Crippen molar-refractivity contribution in [3.05, 3.63) is 29.7 Å². The van der Waals surface area contributed by atoms with Gasteiger partial charge in [0, 0.05) is 12.0 Å². The summed E-state index contributed by atoms with van der Waals surface area (Å²) in [7, 11) is 0. The predicted octanol–water partition coefficient (Wildman–Crippen LogP) is 3.34. The number of nitrogens with two attached hydrogens (primary N) is 1. The van der Waals surface area contributed by atoms with Crippen molar-refractivity contribution in [2.24, 2.45) is 5.73 Å². The summed E-state index contributed by atoms with van der Waals surface area (Å²) in [4.78, 5) is 4.57. The summed E-state index contributed by atoms with van der Waals surface area (Å²) < 4.78 is 5.88. The van der Waals surface area contributed by atoms with Crippen LogP contribution in [0.3, 0.4) is 0 Å². The molecule has 1 fully saturated rings. The van der Waals surface area contributed by atoms with E-state index in [4.69, 9.17) is 10.2 Å². The van der Waals surface area contributed by atoms with Crippen LogP contribution in [0.2, 0.25) is 0 Å². The third kappa shape index (κ3) is 2.15. The van der Waals surface area contributed by atoms with E-state index in [2.05, 4.69) is 18.0 Å². The number of para-hydroxylation sites is 1. The third-order valence-corrected chi connectivity index (χ3v) is 4.01. The Labute approximate surface area is 107 Å². The second-order valence-corrected chi connectivity index (χ2v) is 5.63. The average molecular weight is 244 g/mol. The van der Waals surface area contributed by atoms with Crippen molar-refractivity contribution < 1.29 is 4.42 Å². The lowest BCUT2D eigenvalue weighted by Crippen LogP contribution is -2.43. The number of oxazole rings is 1. The maximum atomic E-state index is 6.45. The van der Waals surface area contributed by atoms with Gasteiger partial charge in [-0.3, -0.25) is 0 Å². The zero-order chi connectivity index (χ0) is 12.6.